The number of ketones is 1. The number of carbonyl (C=O) groups is 2. The molecule has 2 atom stereocenters. The Kier molecular flexibility index (Phi) is 6.77. The lowest BCUT2D eigenvalue weighted by atomic mass is 9.76. The summed E-state index contributed by atoms with van der Waals surface area (Å²) in [5.41, 5.74) is 2.12. The van der Waals surface area contributed by atoms with Gasteiger partial charge in [0, 0.05) is 35.7 Å². The first-order valence-corrected chi connectivity index (χ1v) is 10.3. The van der Waals surface area contributed by atoms with Crippen LogP contribution in [0.15, 0.2) is 48.5 Å². The first kappa shape index (κ1) is 21.8. The predicted molar refractivity (Wildman–Crippen MR) is 115 cm³/mol. The van der Waals surface area contributed by atoms with Crippen LogP contribution in [0.2, 0.25) is 0 Å². The van der Waals surface area contributed by atoms with Gasteiger partial charge in [0.2, 0.25) is 0 Å². The van der Waals surface area contributed by atoms with Crippen LogP contribution >= 0.6 is 0 Å². The van der Waals surface area contributed by atoms with Gasteiger partial charge in [-0.05, 0) is 57.0 Å². The van der Waals surface area contributed by atoms with Crippen molar-refractivity contribution in [2.45, 2.75) is 45.3 Å². The summed E-state index contributed by atoms with van der Waals surface area (Å²) in [7, 11) is 0. The Morgan fingerprint density at radius 2 is 1.87 bits per heavy atom. The number of anilines is 1. The van der Waals surface area contributed by atoms with Crippen molar-refractivity contribution in [1.29, 1.82) is 0 Å². The van der Waals surface area contributed by atoms with Gasteiger partial charge in [0.05, 0.1) is 6.61 Å². The number of Topliss-reactive ketones (excluding diaryl/α,β-unsaturated/α-hetero) is 1. The summed E-state index contributed by atoms with van der Waals surface area (Å²) in [6.45, 7) is 6.63. The highest BCUT2D eigenvalue weighted by Gasteiger charge is 2.40. The van der Waals surface area contributed by atoms with E-state index in [2.05, 4.69) is 5.32 Å². The summed E-state index contributed by atoms with van der Waals surface area (Å²) >= 11 is 0. The fourth-order valence-electron chi connectivity index (χ4n) is 3.90. The third-order valence-corrected chi connectivity index (χ3v) is 5.50. The minimum absolute atomic E-state index is 0.143. The number of nitrogens with one attached hydrogen (secondary N) is 1. The van der Waals surface area contributed by atoms with Crippen molar-refractivity contribution in [3.63, 3.8) is 0 Å². The van der Waals surface area contributed by atoms with E-state index in [1.165, 1.54) is 0 Å². The van der Waals surface area contributed by atoms with Crippen LogP contribution in [0, 0.1) is 5.92 Å². The lowest BCUT2D eigenvalue weighted by Gasteiger charge is -2.40. The molecule has 1 heterocycles. The van der Waals surface area contributed by atoms with Crippen LogP contribution in [-0.4, -0.2) is 41.7 Å². The predicted octanol–water partition coefficient (Wildman–Crippen LogP) is 4.19. The minimum Gasteiger partial charge on any atom is -0.494 e. The molecule has 0 radical (unpaired) electrons. The quantitative estimate of drug-likeness (QED) is 0.644. The van der Waals surface area contributed by atoms with Crippen LogP contribution in [0.25, 0.3) is 0 Å². The molecule has 30 heavy (non-hydrogen) atoms. The van der Waals surface area contributed by atoms with Crippen LogP contribution in [0.3, 0.4) is 0 Å². The molecule has 0 bridgehead atoms. The highest BCUT2D eigenvalue weighted by molar-refractivity contribution is 6.05. The Balaban J connectivity index is 1.57. The number of ether oxygens (including phenoxy) is 2. The standard InChI is InChI=1S/C24H29NO5/c1-4-29-21(23(27)28)15-16-9-11-17(12-10-16)30-14-13-19-22(26)18-7-5-6-8-20(18)25-24(19,2)3/h5-12,19,21,25H,4,13-15H2,1-3H3,(H,27,28). The molecule has 2 N–H and O–H groups in total. The molecule has 160 valence electrons. The second-order valence-electron chi connectivity index (χ2n) is 8.08. The largest absolute Gasteiger partial charge is 0.494 e. The van der Waals surface area contributed by atoms with E-state index >= 15 is 0 Å². The third kappa shape index (κ3) is 5.00. The number of hydrogen-bond donors (Lipinski definition) is 2. The summed E-state index contributed by atoms with van der Waals surface area (Å²) in [6, 6.07) is 14.9. The number of carboxylic acid groups (broad SMARTS) is 1. The second kappa shape index (κ2) is 9.30. The molecule has 2 unspecified atom stereocenters. The van der Waals surface area contributed by atoms with Crippen LogP contribution in [0.5, 0.6) is 5.75 Å². The number of para-hydroxylation sites is 1. The molecule has 0 saturated heterocycles. The molecule has 0 fully saturated rings. The highest BCUT2D eigenvalue weighted by atomic mass is 16.5. The zero-order valence-corrected chi connectivity index (χ0v) is 17.7. The Bertz CT molecular complexity index is 891. The average molecular weight is 411 g/mol. The maximum Gasteiger partial charge on any atom is 0.333 e. The fraction of sp³-hybridized carbons (Fsp3) is 0.417. The lowest BCUT2D eigenvalue weighted by Crippen LogP contribution is -2.48. The number of carbonyl (C=O) groups excluding carboxylic acids is 1. The van der Waals surface area contributed by atoms with Crippen LogP contribution in [-0.2, 0) is 16.0 Å². The minimum atomic E-state index is -0.966. The molecule has 6 heteroatoms. The maximum atomic E-state index is 13.0. The number of carboxylic acids is 1. The molecule has 3 rings (SSSR count). The van der Waals surface area contributed by atoms with Gasteiger partial charge in [-0.25, -0.2) is 4.79 Å². The summed E-state index contributed by atoms with van der Waals surface area (Å²) in [4.78, 5) is 24.2. The summed E-state index contributed by atoms with van der Waals surface area (Å²) < 4.78 is 11.1. The van der Waals surface area contributed by atoms with Crippen LogP contribution in [0.1, 0.15) is 43.1 Å². The first-order valence-electron chi connectivity index (χ1n) is 10.3. The topological polar surface area (TPSA) is 84.9 Å². The summed E-state index contributed by atoms with van der Waals surface area (Å²) in [6.07, 6.45) is 0.0521. The molecule has 0 amide bonds. The molecule has 2 aromatic carbocycles. The second-order valence-corrected chi connectivity index (χ2v) is 8.08. The zero-order valence-electron chi connectivity index (χ0n) is 17.7. The van der Waals surface area contributed by atoms with E-state index in [4.69, 9.17) is 9.47 Å². The first-order chi connectivity index (χ1) is 14.3. The van der Waals surface area contributed by atoms with E-state index in [1.807, 2.05) is 62.4 Å². The van der Waals surface area contributed by atoms with Gasteiger partial charge in [-0.1, -0.05) is 24.3 Å². The number of hydrogen-bond acceptors (Lipinski definition) is 5. The van der Waals surface area contributed by atoms with Gasteiger partial charge < -0.3 is 19.9 Å². The molecule has 0 aromatic heterocycles. The van der Waals surface area contributed by atoms with Crippen molar-refractivity contribution in [1.82, 2.24) is 0 Å². The van der Waals surface area contributed by atoms with E-state index in [-0.39, 0.29) is 17.2 Å². The van der Waals surface area contributed by atoms with Crippen molar-refractivity contribution in [3.8, 4) is 5.75 Å². The van der Waals surface area contributed by atoms with Gasteiger partial charge >= 0.3 is 5.97 Å². The Morgan fingerprint density at radius 3 is 2.53 bits per heavy atom. The Labute approximate surface area is 177 Å². The highest BCUT2D eigenvalue weighted by Crippen LogP contribution is 2.36. The molecule has 2 aromatic rings. The van der Waals surface area contributed by atoms with Gasteiger partial charge in [0.15, 0.2) is 11.9 Å². The van der Waals surface area contributed by atoms with Gasteiger partial charge in [-0.15, -0.1) is 0 Å². The molecule has 1 aliphatic rings. The molecule has 1 aliphatic heterocycles. The summed E-state index contributed by atoms with van der Waals surface area (Å²) in [5, 5.41) is 12.7. The molecule has 6 nitrogen and oxygen atoms in total. The molecular formula is C24H29NO5. The molecule has 0 aliphatic carbocycles. The fourth-order valence-corrected chi connectivity index (χ4v) is 3.90. The summed E-state index contributed by atoms with van der Waals surface area (Å²) in [5.74, 6) is -0.318. The number of rotatable bonds is 9. The third-order valence-electron chi connectivity index (χ3n) is 5.50. The van der Waals surface area contributed by atoms with Crippen molar-refractivity contribution in [3.05, 3.63) is 59.7 Å². The van der Waals surface area contributed by atoms with Crippen LogP contribution < -0.4 is 10.1 Å². The van der Waals surface area contributed by atoms with Gasteiger partial charge in [-0.3, -0.25) is 4.79 Å². The van der Waals surface area contributed by atoms with E-state index in [9.17, 15) is 14.7 Å². The molecular weight excluding hydrogens is 382 g/mol. The number of aliphatic carboxylic acids is 1. The van der Waals surface area contributed by atoms with Gasteiger partial charge in [-0.2, -0.15) is 0 Å². The maximum absolute atomic E-state index is 13.0. The average Bonchev–Trinajstić information content (AvgIpc) is 2.70. The number of benzene rings is 2. The smallest absolute Gasteiger partial charge is 0.333 e. The van der Waals surface area contributed by atoms with Gasteiger partial charge in [0.25, 0.3) is 0 Å². The Hall–Kier alpha value is -2.86. The Morgan fingerprint density at radius 1 is 1.17 bits per heavy atom. The monoisotopic (exact) mass is 411 g/mol. The van der Waals surface area contributed by atoms with Crippen molar-refractivity contribution < 1.29 is 24.2 Å². The zero-order chi connectivity index (χ0) is 21.7. The van der Waals surface area contributed by atoms with Crippen LogP contribution in [0.4, 0.5) is 5.69 Å². The van der Waals surface area contributed by atoms with Gasteiger partial charge in [0.1, 0.15) is 5.75 Å². The van der Waals surface area contributed by atoms with Crippen molar-refractivity contribution >= 4 is 17.4 Å². The molecule has 0 spiro atoms. The molecule has 0 saturated carbocycles. The van der Waals surface area contributed by atoms with E-state index in [0.29, 0.717) is 31.8 Å². The number of fused-ring (bicyclic) bond motifs is 1. The lowest BCUT2D eigenvalue weighted by molar-refractivity contribution is -0.149. The normalized spacial score (nSPS) is 18.2. The van der Waals surface area contributed by atoms with E-state index in [1.54, 1.807) is 6.92 Å². The SMILES string of the molecule is CCOC(Cc1ccc(OCCC2C(=O)c3ccccc3NC2(C)C)cc1)C(=O)O. The van der Waals surface area contributed by atoms with E-state index < -0.39 is 12.1 Å². The van der Waals surface area contributed by atoms with Crippen molar-refractivity contribution in [2.24, 2.45) is 5.92 Å². The van der Waals surface area contributed by atoms with E-state index in [0.717, 1.165) is 16.8 Å². The van der Waals surface area contributed by atoms with Crippen molar-refractivity contribution in [2.75, 3.05) is 18.5 Å².